The molecule has 0 aromatic carbocycles. The molecule has 0 aromatic heterocycles. The summed E-state index contributed by atoms with van der Waals surface area (Å²) in [4.78, 5) is 2.34. The summed E-state index contributed by atoms with van der Waals surface area (Å²) in [6.07, 6.45) is 3.93. The lowest BCUT2D eigenvalue weighted by Gasteiger charge is -2.16. The maximum atomic E-state index is 3.91. The van der Waals surface area contributed by atoms with Gasteiger partial charge in [0.05, 0.1) is 0 Å². The van der Waals surface area contributed by atoms with Crippen LogP contribution in [0.4, 0.5) is 0 Å². The average Bonchev–Trinajstić information content (AvgIpc) is 2.10. The Morgan fingerprint density at radius 1 is 1.29 bits per heavy atom. The first-order chi connectivity index (χ1) is 6.66. The van der Waals surface area contributed by atoms with E-state index in [-0.39, 0.29) is 0 Å². The van der Waals surface area contributed by atoms with Gasteiger partial charge in [0.25, 0.3) is 0 Å². The minimum absolute atomic E-state index is 1.03. The van der Waals surface area contributed by atoms with Gasteiger partial charge in [0, 0.05) is 6.54 Å². The Bertz CT molecular complexity index is 143. The second-order valence-corrected chi connectivity index (χ2v) is 4.11. The summed E-state index contributed by atoms with van der Waals surface area (Å²) in [6.45, 7) is 12.6. The third-order valence-corrected chi connectivity index (χ3v) is 2.18. The van der Waals surface area contributed by atoms with Crippen molar-refractivity contribution in [3.8, 4) is 0 Å². The molecule has 0 radical (unpaired) electrons. The maximum absolute atomic E-state index is 3.91. The van der Waals surface area contributed by atoms with Crippen molar-refractivity contribution in [3.63, 3.8) is 0 Å². The second-order valence-electron chi connectivity index (χ2n) is 4.11. The number of likely N-dealkylation sites (N-methyl/N-ethyl adjacent to an activating group) is 1. The first kappa shape index (κ1) is 13.7. The molecule has 14 heavy (non-hydrogen) atoms. The Labute approximate surface area is 89.4 Å². The van der Waals surface area contributed by atoms with Gasteiger partial charge in [0.15, 0.2) is 0 Å². The molecule has 2 nitrogen and oxygen atoms in total. The highest BCUT2D eigenvalue weighted by atomic mass is 15.1. The fraction of sp³-hybridized carbons (Fsp3) is 0.833. The minimum Gasteiger partial charge on any atom is -0.317 e. The number of rotatable bonds is 9. The van der Waals surface area contributed by atoms with Gasteiger partial charge in [-0.15, -0.1) is 0 Å². The molecule has 0 unspecified atom stereocenters. The van der Waals surface area contributed by atoms with Gasteiger partial charge in [0.2, 0.25) is 0 Å². The van der Waals surface area contributed by atoms with Crippen LogP contribution in [0.5, 0.6) is 0 Å². The molecule has 0 rings (SSSR count). The average molecular weight is 198 g/mol. The van der Waals surface area contributed by atoms with E-state index in [1.807, 2.05) is 0 Å². The highest BCUT2D eigenvalue weighted by Crippen LogP contribution is 1.98. The third kappa shape index (κ3) is 9.75. The predicted octanol–water partition coefficient (Wildman–Crippen LogP) is 2.27. The van der Waals surface area contributed by atoms with Crippen LogP contribution in [0.25, 0.3) is 0 Å². The van der Waals surface area contributed by atoms with E-state index in [1.54, 1.807) is 0 Å². The van der Waals surface area contributed by atoms with Crippen LogP contribution in [-0.4, -0.2) is 38.1 Å². The lowest BCUT2D eigenvalue weighted by molar-refractivity contribution is 0.350. The Morgan fingerprint density at radius 3 is 2.57 bits per heavy atom. The minimum atomic E-state index is 1.03. The van der Waals surface area contributed by atoms with Gasteiger partial charge in [-0.3, -0.25) is 0 Å². The van der Waals surface area contributed by atoms with E-state index in [4.69, 9.17) is 0 Å². The molecule has 0 bridgehead atoms. The van der Waals surface area contributed by atoms with Crippen molar-refractivity contribution in [1.29, 1.82) is 0 Å². The van der Waals surface area contributed by atoms with Crippen LogP contribution in [0, 0.1) is 0 Å². The highest BCUT2D eigenvalue weighted by Gasteiger charge is 1.97. The Kier molecular flexibility index (Phi) is 9.00. The maximum Gasteiger partial charge on any atom is 0.0184 e. The van der Waals surface area contributed by atoms with Crippen molar-refractivity contribution in [3.05, 3.63) is 12.2 Å². The normalized spacial score (nSPS) is 10.9. The van der Waals surface area contributed by atoms with Gasteiger partial charge in [-0.25, -0.2) is 0 Å². The van der Waals surface area contributed by atoms with Crippen LogP contribution in [0.3, 0.4) is 0 Å². The van der Waals surface area contributed by atoms with Gasteiger partial charge < -0.3 is 10.2 Å². The molecular formula is C12H26N2. The number of unbranched alkanes of at least 4 members (excludes halogenated alkanes) is 2. The molecule has 2 heteroatoms. The zero-order valence-corrected chi connectivity index (χ0v) is 10.1. The van der Waals surface area contributed by atoms with E-state index in [1.165, 1.54) is 37.9 Å². The van der Waals surface area contributed by atoms with Gasteiger partial charge in [-0.05, 0) is 46.4 Å². The summed E-state index contributed by atoms with van der Waals surface area (Å²) < 4.78 is 0. The Hall–Kier alpha value is -0.340. The van der Waals surface area contributed by atoms with Crippen LogP contribution in [0.1, 0.15) is 33.1 Å². The van der Waals surface area contributed by atoms with E-state index in [2.05, 4.69) is 37.7 Å². The van der Waals surface area contributed by atoms with Gasteiger partial charge in [-0.2, -0.15) is 0 Å². The number of nitrogens with zero attached hydrogens (tertiary/aromatic N) is 1. The van der Waals surface area contributed by atoms with Crippen molar-refractivity contribution >= 4 is 0 Å². The largest absolute Gasteiger partial charge is 0.317 e. The number of hydrogen-bond donors (Lipinski definition) is 1. The van der Waals surface area contributed by atoms with Gasteiger partial charge >= 0.3 is 0 Å². The van der Waals surface area contributed by atoms with E-state index in [0.29, 0.717) is 0 Å². The highest BCUT2D eigenvalue weighted by molar-refractivity contribution is 4.90. The summed E-state index contributed by atoms with van der Waals surface area (Å²) in [5.74, 6) is 0. The molecule has 0 aliphatic carbocycles. The zero-order chi connectivity index (χ0) is 10.8. The monoisotopic (exact) mass is 198 g/mol. The van der Waals surface area contributed by atoms with Crippen molar-refractivity contribution < 1.29 is 0 Å². The molecule has 84 valence electrons. The lowest BCUT2D eigenvalue weighted by Crippen LogP contribution is -2.21. The van der Waals surface area contributed by atoms with Crippen LogP contribution >= 0.6 is 0 Å². The smallest absolute Gasteiger partial charge is 0.0184 e. The molecule has 0 saturated heterocycles. The van der Waals surface area contributed by atoms with E-state index in [9.17, 15) is 0 Å². The molecule has 0 aliphatic heterocycles. The van der Waals surface area contributed by atoms with Crippen LogP contribution < -0.4 is 5.32 Å². The SMILES string of the molecule is C=C(C)CN(C)CCCCCNCC. The molecule has 0 amide bonds. The van der Waals surface area contributed by atoms with Crippen molar-refractivity contribution in [1.82, 2.24) is 10.2 Å². The third-order valence-electron chi connectivity index (χ3n) is 2.18. The summed E-state index contributed by atoms with van der Waals surface area (Å²) in [7, 11) is 2.17. The predicted molar refractivity (Wildman–Crippen MR) is 64.7 cm³/mol. The second kappa shape index (κ2) is 9.22. The lowest BCUT2D eigenvalue weighted by atomic mass is 10.2. The molecule has 0 aliphatic rings. The molecule has 0 saturated carbocycles. The quantitative estimate of drug-likeness (QED) is 0.452. The van der Waals surface area contributed by atoms with Crippen LogP contribution in [-0.2, 0) is 0 Å². The van der Waals surface area contributed by atoms with Gasteiger partial charge in [0.1, 0.15) is 0 Å². The first-order valence-corrected chi connectivity index (χ1v) is 5.70. The molecule has 1 N–H and O–H groups in total. The van der Waals surface area contributed by atoms with E-state index < -0.39 is 0 Å². The first-order valence-electron chi connectivity index (χ1n) is 5.70. The molecular weight excluding hydrogens is 172 g/mol. The zero-order valence-electron chi connectivity index (χ0n) is 10.1. The van der Waals surface area contributed by atoms with Crippen LogP contribution in [0.2, 0.25) is 0 Å². The van der Waals surface area contributed by atoms with Crippen LogP contribution in [0.15, 0.2) is 12.2 Å². The topological polar surface area (TPSA) is 15.3 Å². The number of hydrogen-bond acceptors (Lipinski definition) is 2. The summed E-state index contributed by atoms with van der Waals surface area (Å²) in [5, 5.41) is 3.34. The molecule has 0 fully saturated rings. The van der Waals surface area contributed by atoms with E-state index in [0.717, 1.165) is 13.1 Å². The van der Waals surface area contributed by atoms with Gasteiger partial charge in [-0.1, -0.05) is 25.5 Å². The number of nitrogens with one attached hydrogen (secondary N) is 1. The summed E-state index contributed by atoms with van der Waals surface area (Å²) in [5.41, 5.74) is 1.25. The Morgan fingerprint density at radius 2 is 2.00 bits per heavy atom. The fourth-order valence-electron chi connectivity index (χ4n) is 1.53. The summed E-state index contributed by atoms with van der Waals surface area (Å²) in [6, 6.07) is 0. The molecule has 0 heterocycles. The Balaban J connectivity index is 3.14. The van der Waals surface area contributed by atoms with Crippen molar-refractivity contribution in [2.45, 2.75) is 33.1 Å². The van der Waals surface area contributed by atoms with E-state index >= 15 is 0 Å². The standard InChI is InChI=1S/C12H26N2/c1-5-13-9-7-6-8-10-14(4)11-12(2)3/h13H,2,5-11H2,1,3-4H3. The molecule has 0 atom stereocenters. The molecule has 0 spiro atoms. The summed E-state index contributed by atoms with van der Waals surface area (Å²) >= 11 is 0. The van der Waals surface area contributed by atoms with Crippen molar-refractivity contribution in [2.75, 3.05) is 33.2 Å². The fourth-order valence-corrected chi connectivity index (χ4v) is 1.53. The molecule has 0 aromatic rings. The van der Waals surface area contributed by atoms with Crippen molar-refractivity contribution in [2.24, 2.45) is 0 Å².